The lowest BCUT2D eigenvalue weighted by Crippen LogP contribution is -2.25. The second kappa shape index (κ2) is 7.24. The molecule has 1 aromatic heterocycles. The minimum Gasteiger partial charge on any atom is -0.322 e. The largest absolute Gasteiger partial charge is 0.322 e. The average molecular weight is 416 g/mol. The molecule has 0 spiro atoms. The first-order valence-corrected chi connectivity index (χ1v) is 10.4. The van der Waals surface area contributed by atoms with Crippen LogP contribution in [0.15, 0.2) is 42.5 Å². The van der Waals surface area contributed by atoms with E-state index in [-0.39, 0.29) is 11.4 Å². The Kier molecular flexibility index (Phi) is 4.74. The van der Waals surface area contributed by atoms with Crippen molar-refractivity contribution in [2.75, 3.05) is 21.9 Å². The number of nitrogens with zero attached hydrogens (tertiary/aromatic N) is 5. The Morgan fingerprint density at radius 3 is 2.55 bits per heavy atom. The van der Waals surface area contributed by atoms with Gasteiger partial charge in [-0.3, -0.25) is 9.10 Å². The van der Waals surface area contributed by atoms with Crippen LogP contribution in [-0.4, -0.2) is 46.8 Å². The van der Waals surface area contributed by atoms with Crippen LogP contribution in [0.4, 0.5) is 15.8 Å². The first-order chi connectivity index (χ1) is 13.8. The van der Waals surface area contributed by atoms with Crippen molar-refractivity contribution in [3.63, 3.8) is 0 Å². The Balaban J connectivity index is 1.53. The molecule has 29 heavy (non-hydrogen) atoms. The van der Waals surface area contributed by atoms with Crippen molar-refractivity contribution >= 4 is 27.3 Å². The number of sulfonamides is 1. The van der Waals surface area contributed by atoms with Gasteiger partial charge < -0.3 is 5.32 Å². The van der Waals surface area contributed by atoms with Gasteiger partial charge in [-0.05, 0) is 66.2 Å². The summed E-state index contributed by atoms with van der Waals surface area (Å²) in [6.07, 6.45) is 0.582. The maximum Gasteiger partial charge on any atom is 0.255 e. The van der Waals surface area contributed by atoms with E-state index in [1.807, 2.05) is 0 Å². The molecule has 9 nitrogen and oxygen atoms in total. The maximum atomic E-state index is 14.1. The molecule has 0 saturated carbocycles. The molecule has 1 fully saturated rings. The molecule has 150 valence electrons. The summed E-state index contributed by atoms with van der Waals surface area (Å²) in [6.45, 7) is 2.07. The van der Waals surface area contributed by atoms with Crippen LogP contribution in [-0.2, 0) is 10.0 Å². The maximum absolute atomic E-state index is 14.1. The van der Waals surface area contributed by atoms with Crippen LogP contribution in [0.25, 0.3) is 5.69 Å². The number of carbonyl (C=O) groups excluding carboxylic acids is 1. The molecule has 0 radical (unpaired) electrons. The lowest BCUT2D eigenvalue weighted by atomic mass is 10.2. The predicted octanol–water partition coefficient (Wildman–Crippen LogP) is 1.90. The summed E-state index contributed by atoms with van der Waals surface area (Å²) in [5, 5.41) is 13.6. The molecule has 0 bridgehead atoms. The van der Waals surface area contributed by atoms with Gasteiger partial charge in [0.25, 0.3) is 5.91 Å². The number of hydrogen-bond donors (Lipinski definition) is 1. The van der Waals surface area contributed by atoms with Gasteiger partial charge in [0.1, 0.15) is 11.5 Å². The molecule has 0 unspecified atom stereocenters. The lowest BCUT2D eigenvalue weighted by molar-refractivity contribution is 0.102. The van der Waals surface area contributed by atoms with E-state index in [0.717, 1.165) is 0 Å². The number of anilines is 2. The third kappa shape index (κ3) is 3.68. The quantitative estimate of drug-likeness (QED) is 0.696. The molecular weight excluding hydrogens is 399 g/mol. The van der Waals surface area contributed by atoms with Gasteiger partial charge in [0.05, 0.1) is 11.4 Å². The van der Waals surface area contributed by atoms with Gasteiger partial charge in [-0.2, -0.15) is 4.68 Å². The third-order valence-corrected chi connectivity index (χ3v) is 6.44. The molecule has 1 aliphatic rings. The van der Waals surface area contributed by atoms with Crippen molar-refractivity contribution in [1.82, 2.24) is 20.2 Å². The molecule has 0 atom stereocenters. The van der Waals surface area contributed by atoms with Gasteiger partial charge in [-0.15, -0.1) is 5.10 Å². The highest BCUT2D eigenvalue weighted by molar-refractivity contribution is 7.93. The molecule has 1 amide bonds. The molecule has 1 N–H and O–H groups in total. The number of halogens is 1. The minimum absolute atomic E-state index is 0.111. The van der Waals surface area contributed by atoms with Crippen molar-refractivity contribution in [2.45, 2.75) is 13.3 Å². The van der Waals surface area contributed by atoms with E-state index in [1.54, 1.807) is 31.2 Å². The highest BCUT2D eigenvalue weighted by Crippen LogP contribution is 2.25. The van der Waals surface area contributed by atoms with Crippen LogP contribution in [0.3, 0.4) is 0 Å². The molecule has 1 aliphatic heterocycles. The molecule has 0 aliphatic carbocycles. The number of nitrogens with one attached hydrogen (secondary N) is 1. The number of carbonyl (C=O) groups is 1. The monoisotopic (exact) mass is 416 g/mol. The Labute approximate surface area is 166 Å². The summed E-state index contributed by atoms with van der Waals surface area (Å²) >= 11 is 0. The van der Waals surface area contributed by atoms with Crippen molar-refractivity contribution in [2.24, 2.45) is 0 Å². The molecule has 2 aromatic carbocycles. The molecule has 4 rings (SSSR count). The lowest BCUT2D eigenvalue weighted by Gasteiger charge is -2.17. The zero-order valence-electron chi connectivity index (χ0n) is 15.4. The van der Waals surface area contributed by atoms with Gasteiger partial charge in [0, 0.05) is 17.8 Å². The summed E-state index contributed by atoms with van der Waals surface area (Å²) < 4.78 is 40.7. The van der Waals surface area contributed by atoms with Crippen molar-refractivity contribution in [3.05, 3.63) is 59.7 Å². The summed E-state index contributed by atoms with van der Waals surface area (Å²) in [5.74, 6) is -0.413. The summed E-state index contributed by atoms with van der Waals surface area (Å²) in [4.78, 5) is 12.5. The number of aromatic nitrogens is 4. The third-order valence-electron chi connectivity index (χ3n) is 4.57. The van der Waals surface area contributed by atoms with Gasteiger partial charge in [0.2, 0.25) is 10.0 Å². The SMILES string of the molecule is Cc1nnnn1-c1cc(NC(=O)c2ccc(N3CCCS3(=O)=O)cc2)ccc1F. The number of tetrazole rings is 1. The van der Waals surface area contributed by atoms with Crippen molar-refractivity contribution in [3.8, 4) is 5.69 Å². The summed E-state index contributed by atoms with van der Waals surface area (Å²) in [7, 11) is -3.28. The van der Waals surface area contributed by atoms with E-state index in [9.17, 15) is 17.6 Å². The topological polar surface area (TPSA) is 110 Å². The fraction of sp³-hybridized carbons (Fsp3) is 0.222. The predicted molar refractivity (Wildman–Crippen MR) is 104 cm³/mol. The summed E-state index contributed by atoms with van der Waals surface area (Å²) in [6, 6.07) is 10.4. The van der Waals surface area contributed by atoms with E-state index in [1.165, 1.54) is 27.2 Å². The van der Waals surface area contributed by atoms with E-state index in [0.29, 0.717) is 35.7 Å². The average Bonchev–Trinajstić information content (AvgIpc) is 3.28. The second-order valence-electron chi connectivity index (χ2n) is 6.55. The number of benzene rings is 2. The van der Waals surface area contributed by atoms with E-state index < -0.39 is 21.7 Å². The normalized spacial score (nSPS) is 15.4. The number of hydrogen-bond acceptors (Lipinski definition) is 6. The summed E-state index contributed by atoms with van der Waals surface area (Å²) in [5.41, 5.74) is 1.35. The van der Waals surface area contributed by atoms with Gasteiger partial charge in [-0.25, -0.2) is 12.8 Å². The van der Waals surface area contributed by atoms with Crippen LogP contribution < -0.4 is 9.62 Å². The Hall–Kier alpha value is -3.34. The zero-order valence-corrected chi connectivity index (χ0v) is 16.2. The fourth-order valence-electron chi connectivity index (χ4n) is 3.12. The zero-order chi connectivity index (χ0) is 20.6. The Bertz CT molecular complexity index is 1180. The van der Waals surface area contributed by atoms with E-state index in [4.69, 9.17) is 0 Å². The smallest absolute Gasteiger partial charge is 0.255 e. The van der Waals surface area contributed by atoms with Crippen LogP contribution in [0, 0.1) is 12.7 Å². The Morgan fingerprint density at radius 2 is 1.93 bits per heavy atom. The standard InChI is InChI=1S/C18H17FN6O3S/c1-12-21-22-23-25(12)17-11-14(5-8-16(17)19)20-18(26)13-3-6-15(7-4-13)24-9-2-10-29(24,27)28/h3-8,11H,2,9-10H2,1H3,(H,20,26). The Morgan fingerprint density at radius 1 is 1.17 bits per heavy atom. The van der Waals surface area contributed by atoms with Crippen molar-refractivity contribution in [1.29, 1.82) is 0 Å². The second-order valence-corrected chi connectivity index (χ2v) is 8.56. The molecule has 3 aromatic rings. The van der Waals surface area contributed by atoms with Crippen LogP contribution in [0.1, 0.15) is 22.6 Å². The molecule has 2 heterocycles. The number of rotatable bonds is 4. The fourth-order valence-corrected chi connectivity index (χ4v) is 4.68. The van der Waals surface area contributed by atoms with Crippen molar-refractivity contribution < 1.29 is 17.6 Å². The molecular formula is C18H17FN6O3S. The first-order valence-electron chi connectivity index (χ1n) is 8.82. The van der Waals surface area contributed by atoms with E-state index >= 15 is 0 Å². The highest BCUT2D eigenvalue weighted by atomic mass is 32.2. The van der Waals surface area contributed by atoms with Gasteiger partial charge in [-0.1, -0.05) is 0 Å². The minimum atomic E-state index is -3.28. The first kappa shape index (κ1) is 19.0. The molecule has 1 saturated heterocycles. The van der Waals surface area contributed by atoms with E-state index in [2.05, 4.69) is 20.8 Å². The van der Waals surface area contributed by atoms with Crippen LogP contribution >= 0.6 is 0 Å². The van der Waals surface area contributed by atoms with Crippen LogP contribution in [0.2, 0.25) is 0 Å². The molecule has 11 heteroatoms. The number of aryl methyl sites for hydroxylation is 1. The highest BCUT2D eigenvalue weighted by Gasteiger charge is 2.28. The van der Waals surface area contributed by atoms with Crippen LogP contribution in [0.5, 0.6) is 0 Å². The van der Waals surface area contributed by atoms with Gasteiger partial charge >= 0.3 is 0 Å². The number of amides is 1. The van der Waals surface area contributed by atoms with Gasteiger partial charge in [0.15, 0.2) is 5.82 Å².